The Hall–Kier alpha value is -2.78. The summed E-state index contributed by atoms with van der Waals surface area (Å²) < 4.78 is 43.7. The van der Waals surface area contributed by atoms with Gasteiger partial charge >= 0.3 is 6.18 Å². The van der Waals surface area contributed by atoms with Crippen molar-refractivity contribution >= 4 is 0 Å². The lowest BCUT2D eigenvalue weighted by Gasteiger charge is -2.30. The number of aromatic nitrogens is 2. The summed E-state index contributed by atoms with van der Waals surface area (Å²) in [5.74, 6) is -0.635. The van der Waals surface area contributed by atoms with E-state index in [1.807, 2.05) is 0 Å². The number of rotatable bonds is 5. The fraction of sp³-hybridized carbons (Fsp3) is 0.350. The number of nitrogens with zero attached hydrogens (tertiary/aromatic N) is 3. The third-order valence-electron chi connectivity index (χ3n) is 5.51. The third-order valence-corrected chi connectivity index (χ3v) is 5.51. The predicted molar refractivity (Wildman–Crippen MR) is 98.8 cm³/mol. The van der Waals surface area contributed by atoms with Gasteiger partial charge in [-0.15, -0.1) is 0 Å². The van der Waals surface area contributed by atoms with E-state index in [2.05, 4.69) is 10.3 Å². The predicted octanol–water partition coefficient (Wildman–Crippen LogP) is 3.54. The standard InChI is InChI=1S/C20H18F3N3O3/c21-20(22,23)19(28)16-4-2-1-3-14(16)18-15(7-12(11-27)8-17(18)19)13-9-24-26(10-13)6-5-25-29/h1-2,4,7-10,14,27-28H,3,5-6,11H2. The van der Waals surface area contributed by atoms with Crippen molar-refractivity contribution in [3.8, 4) is 11.1 Å². The number of halogens is 3. The lowest BCUT2D eigenvalue weighted by molar-refractivity contribution is -0.248. The van der Waals surface area contributed by atoms with E-state index in [0.29, 0.717) is 23.1 Å². The van der Waals surface area contributed by atoms with Crippen molar-refractivity contribution in [2.24, 2.45) is 5.18 Å². The highest BCUT2D eigenvalue weighted by atomic mass is 19.4. The molecule has 0 aliphatic heterocycles. The number of benzene rings is 1. The van der Waals surface area contributed by atoms with Crippen molar-refractivity contribution < 1.29 is 23.4 Å². The van der Waals surface area contributed by atoms with E-state index >= 15 is 0 Å². The zero-order valence-electron chi connectivity index (χ0n) is 15.2. The summed E-state index contributed by atoms with van der Waals surface area (Å²) in [6.07, 6.45) is 3.13. The molecule has 6 nitrogen and oxygen atoms in total. The Labute approximate surface area is 163 Å². The van der Waals surface area contributed by atoms with E-state index in [4.69, 9.17) is 0 Å². The SMILES string of the molecule is O=NCCn1cc(-c2cc(CO)cc3c2C2CC=CC=C2C3(O)C(F)(F)F)cn1. The molecular formula is C20H18F3N3O3. The Morgan fingerprint density at radius 3 is 2.83 bits per heavy atom. The highest BCUT2D eigenvalue weighted by Gasteiger charge is 2.63. The maximum absolute atomic E-state index is 14.1. The van der Waals surface area contributed by atoms with Gasteiger partial charge in [0, 0.05) is 23.2 Å². The molecule has 1 aromatic heterocycles. The van der Waals surface area contributed by atoms with Crippen LogP contribution in [0.5, 0.6) is 0 Å². The minimum absolute atomic E-state index is 0.0179. The van der Waals surface area contributed by atoms with E-state index in [1.165, 1.54) is 29.1 Å². The van der Waals surface area contributed by atoms with Gasteiger partial charge in [-0.1, -0.05) is 23.4 Å². The van der Waals surface area contributed by atoms with Gasteiger partial charge in [0.1, 0.15) is 6.54 Å². The topological polar surface area (TPSA) is 87.7 Å². The van der Waals surface area contributed by atoms with Gasteiger partial charge in [0.2, 0.25) is 5.60 Å². The van der Waals surface area contributed by atoms with E-state index in [0.717, 1.165) is 0 Å². The largest absolute Gasteiger partial charge is 0.425 e. The molecule has 29 heavy (non-hydrogen) atoms. The molecule has 0 spiro atoms. The first kappa shape index (κ1) is 19.5. The highest BCUT2D eigenvalue weighted by Crippen LogP contribution is 2.60. The summed E-state index contributed by atoms with van der Waals surface area (Å²) in [6, 6.07) is 2.85. The lowest BCUT2D eigenvalue weighted by Crippen LogP contribution is -2.42. The first-order valence-corrected chi connectivity index (χ1v) is 9.07. The molecular weight excluding hydrogens is 387 g/mol. The molecule has 152 valence electrons. The minimum atomic E-state index is -4.92. The second-order valence-corrected chi connectivity index (χ2v) is 7.15. The molecule has 1 heterocycles. The van der Waals surface area contributed by atoms with E-state index in [-0.39, 0.29) is 29.8 Å². The van der Waals surface area contributed by atoms with Crippen LogP contribution in [0.15, 0.2) is 53.5 Å². The number of alkyl halides is 3. The van der Waals surface area contributed by atoms with Crippen molar-refractivity contribution in [1.29, 1.82) is 0 Å². The van der Waals surface area contributed by atoms with Gasteiger partial charge in [0.25, 0.3) is 0 Å². The zero-order valence-corrected chi connectivity index (χ0v) is 15.2. The van der Waals surface area contributed by atoms with Gasteiger partial charge in [0.15, 0.2) is 0 Å². The first-order valence-electron chi connectivity index (χ1n) is 9.07. The van der Waals surface area contributed by atoms with Crippen LogP contribution in [0, 0.1) is 4.91 Å². The summed E-state index contributed by atoms with van der Waals surface area (Å²) in [5.41, 5.74) is -1.83. The summed E-state index contributed by atoms with van der Waals surface area (Å²) >= 11 is 0. The summed E-state index contributed by atoms with van der Waals surface area (Å²) in [6.45, 7) is -0.210. The van der Waals surface area contributed by atoms with Crippen LogP contribution in [0.25, 0.3) is 11.1 Å². The number of hydrogen-bond acceptors (Lipinski definition) is 5. The van der Waals surface area contributed by atoms with Crippen molar-refractivity contribution in [1.82, 2.24) is 9.78 Å². The quantitative estimate of drug-likeness (QED) is 0.745. The zero-order chi connectivity index (χ0) is 20.8. The van der Waals surface area contributed by atoms with Gasteiger partial charge in [0.05, 0.1) is 19.3 Å². The smallest absolute Gasteiger partial charge is 0.392 e. The van der Waals surface area contributed by atoms with Gasteiger partial charge in [-0.3, -0.25) is 4.68 Å². The maximum Gasteiger partial charge on any atom is 0.425 e. The molecule has 0 saturated carbocycles. The van der Waals surface area contributed by atoms with E-state index < -0.39 is 24.3 Å². The Morgan fingerprint density at radius 1 is 1.34 bits per heavy atom. The number of aliphatic hydroxyl groups is 2. The summed E-state index contributed by atoms with van der Waals surface area (Å²) in [7, 11) is 0. The summed E-state index contributed by atoms with van der Waals surface area (Å²) in [5, 5.41) is 27.5. The number of nitroso groups, excluding NO2 is 1. The van der Waals surface area contributed by atoms with Crippen molar-refractivity contribution in [3.63, 3.8) is 0 Å². The minimum Gasteiger partial charge on any atom is -0.392 e. The number of aliphatic hydroxyl groups excluding tert-OH is 1. The molecule has 0 radical (unpaired) electrons. The van der Waals surface area contributed by atoms with E-state index in [1.54, 1.807) is 18.3 Å². The van der Waals surface area contributed by atoms with E-state index in [9.17, 15) is 28.3 Å². The van der Waals surface area contributed by atoms with Crippen molar-refractivity contribution in [2.45, 2.75) is 37.3 Å². The Balaban J connectivity index is 1.95. The third kappa shape index (κ3) is 2.92. The van der Waals surface area contributed by atoms with Crippen molar-refractivity contribution in [3.05, 3.63) is 69.9 Å². The van der Waals surface area contributed by atoms with Crippen LogP contribution in [-0.2, 0) is 18.8 Å². The monoisotopic (exact) mass is 405 g/mol. The van der Waals surface area contributed by atoms with Crippen molar-refractivity contribution in [2.75, 3.05) is 6.54 Å². The molecule has 4 rings (SSSR count). The molecule has 0 bridgehead atoms. The van der Waals surface area contributed by atoms with Gasteiger partial charge in [-0.05, 0) is 40.8 Å². The van der Waals surface area contributed by atoms with Crippen LogP contribution in [0.2, 0.25) is 0 Å². The molecule has 2 atom stereocenters. The van der Waals surface area contributed by atoms with Gasteiger partial charge in [-0.25, -0.2) is 0 Å². The van der Waals surface area contributed by atoms with Gasteiger partial charge < -0.3 is 10.2 Å². The molecule has 2 aromatic rings. The molecule has 0 saturated heterocycles. The molecule has 1 aromatic carbocycles. The number of hydrogen-bond donors (Lipinski definition) is 2. The van der Waals surface area contributed by atoms with Crippen LogP contribution >= 0.6 is 0 Å². The fourth-order valence-corrected chi connectivity index (χ4v) is 4.23. The molecule has 9 heteroatoms. The summed E-state index contributed by atoms with van der Waals surface area (Å²) in [4.78, 5) is 10.3. The maximum atomic E-state index is 14.1. The van der Waals surface area contributed by atoms with Crippen LogP contribution in [0.3, 0.4) is 0 Å². The Morgan fingerprint density at radius 2 is 2.14 bits per heavy atom. The van der Waals surface area contributed by atoms with Crippen LogP contribution < -0.4 is 0 Å². The molecule has 0 amide bonds. The molecule has 2 aliphatic carbocycles. The van der Waals surface area contributed by atoms with Crippen LogP contribution in [-0.4, -0.2) is 32.7 Å². The van der Waals surface area contributed by atoms with Crippen LogP contribution in [0.1, 0.15) is 29.0 Å². The number of fused-ring (bicyclic) bond motifs is 3. The molecule has 2 N–H and O–H groups in total. The van der Waals surface area contributed by atoms with Gasteiger partial charge in [-0.2, -0.15) is 23.2 Å². The average molecular weight is 405 g/mol. The molecule has 2 unspecified atom stereocenters. The number of allylic oxidation sites excluding steroid dienone is 3. The second kappa shape index (κ2) is 6.93. The Kier molecular flexibility index (Phi) is 4.66. The highest BCUT2D eigenvalue weighted by molar-refractivity contribution is 5.75. The second-order valence-electron chi connectivity index (χ2n) is 7.15. The van der Waals surface area contributed by atoms with Crippen LogP contribution in [0.4, 0.5) is 13.2 Å². The molecule has 0 fully saturated rings. The Bertz CT molecular complexity index is 1030. The fourth-order valence-electron chi connectivity index (χ4n) is 4.23. The first-order chi connectivity index (χ1) is 13.8. The average Bonchev–Trinajstić information content (AvgIpc) is 3.28. The lowest BCUT2D eigenvalue weighted by atomic mass is 9.84. The molecule has 2 aliphatic rings. The normalized spacial score (nSPS) is 22.9.